The Morgan fingerprint density at radius 2 is 2.08 bits per heavy atom. The van der Waals surface area contributed by atoms with Crippen LogP contribution in [0.2, 0.25) is 0 Å². The van der Waals surface area contributed by atoms with Gasteiger partial charge in [0.05, 0.1) is 24.6 Å². The largest absolute Gasteiger partial charge is 0.442 e. The van der Waals surface area contributed by atoms with E-state index >= 15 is 0 Å². The van der Waals surface area contributed by atoms with Crippen LogP contribution in [-0.2, 0) is 10.2 Å². The number of benzene rings is 1. The minimum absolute atomic E-state index is 0.235. The molecule has 2 aliphatic rings. The van der Waals surface area contributed by atoms with Crippen LogP contribution in [0.1, 0.15) is 24.8 Å². The van der Waals surface area contributed by atoms with Gasteiger partial charge in [-0.25, -0.2) is 9.78 Å². The van der Waals surface area contributed by atoms with Gasteiger partial charge in [-0.05, 0) is 49.1 Å². The summed E-state index contributed by atoms with van der Waals surface area (Å²) in [6.45, 7) is 0.996. The zero-order chi connectivity index (χ0) is 18.0. The van der Waals surface area contributed by atoms with E-state index in [2.05, 4.69) is 16.4 Å². The third kappa shape index (κ3) is 2.97. The summed E-state index contributed by atoms with van der Waals surface area (Å²) in [4.78, 5) is 18.0. The molecule has 2 fully saturated rings. The number of hydrogen-bond donors (Lipinski definition) is 1. The Morgan fingerprint density at radius 1 is 1.27 bits per heavy atom. The summed E-state index contributed by atoms with van der Waals surface area (Å²) < 4.78 is 5.45. The molecule has 1 aliphatic heterocycles. The average Bonchev–Trinajstić information content (AvgIpc) is 3.02. The van der Waals surface area contributed by atoms with Crippen LogP contribution < -0.4 is 10.2 Å². The molecule has 1 aliphatic carbocycles. The van der Waals surface area contributed by atoms with Gasteiger partial charge in [0.2, 0.25) is 0 Å². The minimum Gasteiger partial charge on any atom is -0.442 e. The maximum Gasteiger partial charge on any atom is 0.414 e. The highest BCUT2D eigenvalue weighted by Gasteiger charge is 2.39. The van der Waals surface area contributed by atoms with Crippen LogP contribution >= 0.6 is 0 Å². The number of carbonyl (C=O) groups is 1. The molecule has 0 radical (unpaired) electrons. The van der Waals surface area contributed by atoms with Gasteiger partial charge in [-0.15, -0.1) is 0 Å². The van der Waals surface area contributed by atoms with Crippen LogP contribution in [0.4, 0.5) is 16.3 Å². The van der Waals surface area contributed by atoms with Gasteiger partial charge in [-0.1, -0.05) is 18.2 Å². The average molecular weight is 348 g/mol. The maximum atomic E-state index is 12.2. The lowest BCUT2D eigenvalue weighted by atomic mass is 9.65. The Hall–Kier alpha value is -3.07. The second kappa shape index (κ2) is 6.68. The Labute approximate surface area is 152 Å². The fraction of sp³-hybridized carbons (Fsp3) is 0.350. The summed E-state index contributed by atoms with van der Waals surface area (Å²) in [5, 5.41) is 12.6. The van der Waals surface area contributed by atoms with Gasteiger partial charge in [0.15, 0.2) is 0 Å². The second-order valence-corrected chi connectivity index (χ2v) is 6.81. The van der Waals surface area contributed by atoms with Crippen molar-refractivity contribution < 1.29 is 9.53 Å². The van der Waals surface area contributed by atoms with Gasteiger partial charge in [0, 0.05) is 11.9 Å². The molecule has 1 saturated carbocycles. The third-order valence-corrected chi connectivity index (χ3v) is 5.20. The van der Waals surface area contributed by atoms with Crippen molar-refractivity contribution in [1.82, 2.24) is 4.98 Å². The summed E-state index contributed by atoms with van der Waals surface area (Å²) in [6.07, 6.45) is 4.06. The number of anilines is 2. The first kappa shape index (κ1) is 16.4. The molecule has 4 rings (SSSR count). The lowest BCUT2D eigenvalue weighted by molar-refractivity contribution is 0.147. The summed E-state index contributed by atoms with van der Waals surface area (Å²) >= 11 is 0. The molecule has 1 N–H and O–H groups in total. The molecule has 26 heavy (non-hydrogen) atoms. The van der Waals surface area contributed by atoms with E-state index in [9.17, 15) is 10.1 Å². The predicted molar refractivity (Wildman–Crippen MR) is 97.9 cm³/mol. The van der Waals surface area contributed by atoms with E-state index in [-0.39, 0.29) is 17.6 Å². The van der Waals surface area contributed by atoms with E-state index in [0.717, 1.165) is 36.3 Å². The van der Waals surface area contributed by atoms with Crippen molar-refractivity contribution in [1.29, 1.82) is 5.26 Å². The first-order valence-corrected chi connectivity index (χ1v) is 8.85. The number of aromatic nitrogens is 1. The zero-order valence-corrected chi connectivity index (χ0v) is 14.4. The minimum atomic E-state index is -0.343. The first-order chi connectivity index (χ1) is 12.7. The number of nitrogens with zero attached hydrogens (tertiary/aromatic N) is 3. The number of nitrogens with one attached hydrogen (secondary N) is 1. The van der Waals surface area contributed by atoms with Crippen LogP contribution in [0.5, 0.6) is 0 Å². The van der Waals surface area contributed by atoms with Crippen LogP contribution in [-0.4, -0.2) is 30.3 Å². The van der Waals surface area contributed by atoms with Crippen LogP contribution in [0.15, 0.2) is 48.7 Å². The predicted octanol–water partition coefficient (Wildman–Crippen LogP) is 3.46. The molecule has 6 heteroatoms. The monoisotopic (exact) mass is 348 g/mol. The molecule has 1 saturated heterocycles. The number of ether oxygens (including phenoxy) is 1. The first-order valence-electron chi connectivity index (χ1n) is 8.85. The molecule has 132 valence electrons. The van der Waals surface area contributed by atoms with E-state index in [1.807, 2.05) is 42.5 Å². The van der Waals surface area contributed by atoms with Crippen molar-refractivity contribution in [2.45, 2.75) is 30.8 Å². The lowest BCUT2D eigenvalue weighted by Crippen LogP contribution is -2.32. The van der Waals surface area contributed by atoms with Crippen molar-refractivity contribution in [3.05, 3.63) is 54.2 Å². The Balaban J connectivity index is 1.40. The molecule has 1 aromatic heterocycles. The summed E-state index contributed by atoms with van der Waals surface area (Å²) in [7, 11) is 0. The quantitative estimate of drug-likeness (QED) is 0.895. The number of pyridine rings is 1. The number of nitriles is 1. The molecule has 0 spiro atoms. The maximum absolute atomic E-state index is 12.2. The van der Waals surface area contributed by atoms with E-state index in [4.69, 9.17) is 4.74 Å². The van der Waals surface area contributed by atoms with E-state index in [0.29, 0.717) is 13.1 Å². The molecule has 0 unspecified atom stereocenters. The van der Waals surface area contributed by atoms with Gasteiger partial charge in [0.1, 0.15) is 11.9 Å². The topological polar surface area (TPSA) is 78.2 Å². The number of rotatable bonds is 5. The Bertz CT molecular complexity index is 825. The highest BCUT2D eigenvalue weighted by atomic mass is 16.6. The molecule has 0 bridgehead atoms. The highest BCUT2D eigenvalue weighted by Crippen LogP contribution is 2.43. The normalized spacial score (nSPS) is 20.8. The van der Waals surface area contributed by atoms with Crippen molar-refractivity contribution in [3.8, 4) is 6.07 Å². The molecule has 1 atom stereocenters. The van der Waals surface area contributed by atoms with E-state index < -0.39 is 0 Å². The molecule has 1 amide bonds. The van der Waals surface area contributed by atoms with Gasteiger partial charge in [-0.2, -0.15) is 5.26 Å². The van der Waals surface area contributed by atoms with Crippen molar-refractivity contribution in [2.75, 3.05) is 23.3 Å². The van der Waals surface area contributed by atoms with Gasteiger partial charge >= 0.3 is 6.09 Å². The van der Waals surface area contributed by atoms with Crippen molar-refractivity contribution in [2.24, 2.45) is 0 Å². The SMILES string of the molecule is N#CC1(c2ccc(N3C[C@H](CNc4ccccn4)OC3=O)cc2)CCC1. The fourth-order valence-electron chi connectivity index (χ4n) is 3.48. The number of cyclic esters (lactones) is 1. The molecule has 6 nitrogen and oxygen atoms in total. The van der Waals surface area contributed by atoms with Crippen LogP contribution in [0, 0.1) is 11.3 Å². The second-order valence-electron chi connectivity index (χ2n) is 6.81. The molecule has 2 heterocycles. The molecule has 2 aromatic rings. The standard InChI is InChI=1S/C20H20N4O2/c21-14-20(9-3-10-20)15-5-7-16(8-6-15)24-13-17(26-19(24)25)12-23-18-4-1-2-11-22-18/h1-2,4-8,11,17H,3,9-10,12-13H2,(H,22,23)/t17-/m0/s1. The highest BCUT2D eigenvalue weighted by molar-refractivity contribution is 5.89. The van der Waals surface area contributed by atoms with Crippen LogP contribution in [0.25, 0.3) is 0 Å². The summed E-state index contributed by atoms with van der Waals surface area (Å²) in [5.41, 5.74) is 1.50. The van der Waals surface area contributed by atoms with Crippen molar-refractivity contribution >= 4 is 17.6 Å². The van der Waals surface area contributed by atoms with Gasteiger partial charge in [-0.3, -0.25) is 4.90 Å². The van der Waals surface area contributed by atoms with E-state index in [1.165, 1.54) is 0 Å². The summed E-state index contributed by atoms with van der Waals surface area (Å²) in [5.74, 6) is 0.758. The number of carbonyl (C=O) groups excluding carboxylic acids is 1. The van der Waals surface area contributed by atoms with E-state index in [1.54, 1.807) is 11.1 Å². The lowest BCUT2D eigenvalue weighted by Gasteiger charge is -2.35. The molecular formula is C20H20N4O2. The summed E-state index contributed by atoms with van der Waals surface area (Å²) in [6, 6.07) is 15.8. The molecular weight excluding hydrogens is 328 g/mol. The number of amides is 1. The van der Waals surface area contributed by atoms with Gasteiger partial charge in [0.25, 0.3) is 0 Å². The molecule has 1 aromatic carbocycles. The zero-order valence-electron chi connectivity index (χ0n) is 14.4. The third-order valence-electron chi connectivity index (χ3n) is 5.20. The van der Waals surface area contributed by atoms with Gasteiger partial charge < -0.3 is 10.1 Å². The number of hydrogen-bond acceptors (Lipinski definition) is 5. The van der Waals surface area contributed by atoms with Crippen LogP contribution in [0.3, 0.4) is 0 Å². The fourth-order valence-corrected chi connectivity index (χ4v) is 3.48. The Morgan fingerprint density at radius 3 is 2.69 bits per heavy atom. The van der Waals surface area contributed by atoms with Crippen molar-refractivity contribution in [3.63, 3.8) is 0 Å². The Kier molecular flexibility index (Phi) is 4.21. The smallest absolute Gasteiger partial charge is 0.414 e.